The quantitative estimate of drug-likeness (QED) is 0.612. The van der Waals surface area contributed by atoms with Gasteiger partial charge in [0, 0.05) is 18.1 Å². The molecule has 0 heterocycles. The molecule has 92 valence electrons. The number of carbonyl (C=O) groups is 1. The molecule has 0 saturated carbocycles. The Morgan fingerprint density at radius 3 is 2.94 bits per heavy atom. The minimum Gasteiger partial charge on any atom is -0.493 e. The van der Waals surface area contributed by atoms with Gasteiger partial charge in [0.05, 0.1) is 13.3 Å². The number of halogens is 1. The Labute approximate surface area is 99.5 Å². The lowest BCUT2D eigenvalue weighted by molar-refractivity contribution is -0.131. The van der Waals surface area contributed by atoms with Crippen LogP contribution in [0, 0.1) is 6.92 Å². The van der Waals surface area contributed by atoms with E-state index in [1.165, 1.54) is 6.08 Å². The predicted octanol–water partition coefficient (Wildman–Crippen LogP) is 2.83. The van der Waals surface area contributed by atoms with E-state index in [1.807, 2.05) is 19.1 Å². The van der Waals surface area contributed by atoms with Crippen molar-refractivity contribution in [2.75, 3.05) is 13.3 Å². The average molecular weight is 238 g/mol. The Morgan fingerprint density at radius 2 is 2.29 bits per heavy atom. The van der Waals surface area contributed by atoms with Crippen LogP contribution in [0.4, 0.5) is 4.39 Å². The molecule has 0 atom stereocenters. The standard InChI is InChI=1S/C13H15FO3/c1-10-3-5-12(17-8-2-7-14)11(9-10)4-6-13(15)16/h3-6,9H,2,7-8H2,1H3,(H,15,16)/b6-4+. The van der Waals surface area contributed by atoms with Gasteiger partial charge in [-0.15, -0.1) is 0 Å². The second-order valence-electron chi connectivity index (χ2n) is 3.60. The Hall–Kier alpha value is -1.84. The van der Waals surface area contributed by atoms with Gasteiger partial charge in [-0.1, -0.05) is 11.6 Å². The van der Waals surface area contributed by atoms with Gasteiger partial charge in [-0.25, -0.2) is 4.79 Å². The van der Waals surface area contributed by atoms with Crippen LogP contribution < -0.4 is 4.74 Å². The highest BCUT2D eigenvalue weighted by atomic mass is 19.1. The van der Waals surface area contributed by atoms with Crippen LogP contribution >= 0.6 is 0 Å². The first-order chi connectivity index (χ1) is 8.13. The van der Waals surface area contributed by atoms with E-state index in [1.54, 1.807) is 6.07 Å². The molecule has 1 rings (SSSR count). The summed E-state index contributed by atoms with van der Waals surface area (Å²) in [5, 5.41) is 8.57. The van der Waals surface area contributed by atoms with E-state index < -0.39 is 12.6 Å². The number of hydrogen-bond acceptors (Lipinski definition) is 2. The van der Waals surface area contributed by atoms with Crippen molar-refractivity contribution in [3.8, 4) is 5.75 Å². The Morgan fingerprint density at radius 1 is 1.53 bits per heavy atom. The number of carboxylic acid groups (broad SMARTS) is 1. The zero-order chi connectivity index (χ0) is 12.7. The first-order valence-electron chi connectivity index (χ1n) is 5.34. The molecule has 1 aromatic rings. The smallest absolute Gasteiger partial charge is 0.328 e. The molecule has 1 N–H and O–H groups in total. The Bertz CT molecular complexity index is 413. The van der Waals surface area contributed by atoms with Crippen LogP contribution in [0.5, 0.6) is 5.75 Å². The van der Waals surface area contributed by atoms with Crippen LogP contribution in [0.15, 0.2) is 24.3 Å². The molecule has 0 aromatic heterocycles. The number of hydrogen-bond donors (Lipinski definition) is 1. The van der Waals surface area contributed by atoms with Crippen molar-refractivity contribution >= 4 is 12.0 Å². The molecule has 0 bridgehead atoms. The van der Waals surface area contributed by atoms with E-state index in [2.05, 4.69) is 0 Å². The summed E-state index contributed by atoms with van der Waals surface area (Å²) in [6, 6.07) is 5.45. The summed E-state index contributed by atoms with van der Waals surface area (Å²) in [6.07, 6.45) is 2.85. The fourth-order valence-electron chi connectivity index (χ4n) is 1.33. The van der Waals surface area contributed by atoms with Crippen molar-refractivity contribution in [1.29, 1.82) is 0 Å². The first-order valence-corrected chi connectivity index (χ1v) is 5.34. The van der Waals surface area contributed by atoms with Crippen molar-refractivity contribution in [2.45, 2.75) is 13.3 Å². The number of ether oxygens (including phenoxy) is 1. The molecular weight excluding hydrogens is 223 g/mol. The van der Waals surface area contributed by atoms with E-state index in [0.717, 1.165) is 11.6 Å². The Kier molecular flexibility index (Phi) is 5.20. The zero-order valence-corrected chi connectivity index (χ0v) is 9.65. The third-order valence-corrected chi connectivity index (χ3v) is 2.11. The van der Waals surface area contributed by atoms with Crippen molar-refractivity contribution in [3.63, 3.8) is 0 Å². The largest absolute Gasteiger partial charge is 0.493 e. The van der Waals surface area contributed by atoms with E-state index in [4.69, 9.17) is 9.84 Å². The molecule has 17 heavy (non-hydrogen) atoms. The molecule has 0 fully saturated rings. The lowest BCUT2D eigenvalue weighted by Gasteiger charge is -2.09. The molecule has 0 saturated heterocycles. The number of alkyl halides is 1. The van der Waals surface area contributed by atoms with Crippen molar-refractivity contribution in [1.82, 2.24) is 0 Å². The maximum absolute atomic E-state index is 11.9. The average Bonchev–Trinajstić information content (AvgIpc) is 2.29. The summed E-state index contributed by atoms with van der Waals surface area (Å²) in [5.41, 5.74) is 1.69. The second-order valence-corrected chi connectivity index (χ2v) is 3.60. The molecule has 0 aliphatic heterocycles. The van der Waals surface area contributed by atoms with Gasteiger partial charge in [0.15, 0.2) is 0 Å². The van der Waals surface area contributed by atoms with Gasteiger partial charge in [0.2, 0.25) is 0 Å². The summed E-state index contributed by atoms with van der Waals surface area (Å²) in [5.74, 6) is -0.442. The van der Waals surface area contributed by atoms with E-state index in [9.17, 15) is 9.18 Å². The third kappa shape index (κ3) is 4.68. The van der Waals surface area contributed by atoms with Crippen LogP contribution in [0.25, 0.3) is 6.08 Å². The van der Waals surface area contributed by atoms with Gasteiger partial charge in [-0.3, -0.25) is 4.39 Å². The van der Waals surface area contributed by atoms with Gasteiger partial charge >= 0.3 is 5.97 Å². The van der Waals surface area contributed by atoms with Crippen molar-refractivity contribution in [2.24, 2.45) is 0 Å². The summed E-state index contributed by atoms with van der Waals surface area (Å²) in [4.78, 5) is 10.5. The summed E-state index contributed by atoms with van der Waals surface area (Å²) in [7, 11) is 0. The van der Waals surface area contributed by atoms with E-state index in [0.29, 0.717) is 17.7 Å². The number of aryl methyl sites for hydroxylation is 1. The fourth-order valence-corrected chi connectivity index (χ4v) is 1.33. The first kappa shape index (κ1) is 13.2. The Balaban J connectivity index is 2.83. The predicted molar refractivity (Wildman–Crippen MR) is 63.9 cm³/mol. The van der Waals surface area contributed by atoms with Gasteiger partial charge in [-0.2, -0.15) is 0 Å². The summed E-state index contributed by atoms with van der Waals surface area (Å²) in [6.45, 7) is 1.77. The molecule has 0 spiro atoms. The van der Waals surface area contributed by atoms with Crippen LogP contribution in [0.3, 0.4) is 0 Å². The molecule has 3 nitrogen and oxygen atoms in total. The summed E-state index contributed by atoms with van der Waals surface area (Å²) < 4.78 is 17.3. The van der Waals surface area contributed by atoms with Gasteiger partial charge in [-0.05, 0) is 25.1 Å². The third-order valence-electron chi connectivity index (χ3n) is 2.11. The monoisotopic (exact) mass is 238 g/mol. The number of benzene rings is 1. The molecule has 0 radical (unpaired) electrons. The van der Waals surface area contributed by atoms with Crippen molar-refractivity contribution in [3.05, 3.63) is 35.4 Å². The molecule has 0 aliphatic carbocycles. The lowest BCUT2D eigenvalue weighted by atomic mass is 10.1. The number of rotatable bonds is 6. The fraction of sp³-hybridized carbons (Fsp3) is 0.308. The summed E-state index contributed by atoms with van der Waals surface area (Å²) >= 11 is 0. The minimum atomic E-state index is -1.01. The van der Waals surface area contributed by atoms with Gasteiger partial charge in [0.25, 0.3) is 0 Å². The maximum atomic E-state index is 11.9. The SMILES string of the molecule is Cc1ccc(OCCCF)c(/C=C/C(=O)O)c1. The number of aliphatic carboxylic acids is 1. The van der Waals surface area contributed by atoms with Crippen LogP contribution in [-0.4, -0.2) is 24.4 Å². The topological polar surface area (TPSA) is 46.5 Å². The minimum absolute atomic E-state index is 0.285. The molecule has 0 aliphatic rings. The molecule has 0 unspecified atom stereocenters. The molecule has 1 aromatic carbocycles. The molecular formula is C13H15FO3. The van der Waals surface area contributed by atoms with Gasteiger partial charge in [0.1, 0.15) is 5.75 Å². The maximum Gasteiger partial charge on any atom is 0.328 e. The van der Waals surface area contributed by atoms with E-state index >= 15 is 0 Å². The zero-order valence-electron chi connectivity index (χ0n) is 9.65. The van der Waals surface area contributed by atoms with Crippen LogP contribution in [-0.2, 0) is 4.79 Å². The highest BCUT2D eigenvalue weighted by molar-refractivity contribution is 5.85. The normalized spacial score (nSPS) is 10.7. The van der Waals surface area contributed by atoms with Crippen molar-refractivity contribution < 1.29 is 19.0 Å². The second kappa shape index (κ2) is 6.68. The van der Waals surface area contributed by atoms with E-state index in [-0.39, 0.29) is 6.61 Å². The van der Waals surface area contributed by atoms with Crippen LogP contribution in [0.1, 0.15) is 17.5 Å². The van der Waals surface area contributed by atoms with Crippen LogP contribution in [0.2, 0.25) is 0 Å². The number of carboxylic acids is 1. The highest BCUT2D eigenvalue weighted by Crippen LogP contribution is 2.21. The molecule has 4 heteroatoms. The lowest BCUT2D eigenvalue weighted by Crippen LogP contribution is -2.00. The van der Waals surface area contributed by atoms with Gasteiger partial charge < -0.3 is 9.84 Å². The highest BCUT2D eigenvalue weighted by Gasteiger charge is 2.02. The molecule has 0 amide bonds.